The van der Waals surface area contributed by atoms with Gasteiger partial charge in [0.05, 0.1) is 6.10 Å². The second-order valence-corrected chi connectivity index (χ2v) is 5.74. The molecule has 1 fully saturated rings. The Morgan fingerprint density at radius 3 is 2.47 bits per heavy atom. The molecule has 4 N–H and O–H groups in total. The summed E-state index contributed by atoms with van der Waals surface area (Å²) in [6.45, 7) is 3.58. The molecule has 1 aliphatic rings. The number of nitrogens with two attached hydrogens (primary N) is 1. The van der Waals surface area contributed by atoms with E-state index in [2.05, 4.69) is 0 Å². The molecule has 88 valence electrons. The van der Waals surface area contributed by atoms with E-state index in [9.17, 15) is 9.90 Å². The standard InChI is InChI=1S/C10H19NO3S/c1-6(12)7(2)15-5-10(11,9(13)14)8-3-4-8/h6-8,12H,3-5,11H2,1-2H3,(H,13,14). The Balaban J connectivity index is 2.49. The molecule has 0 bridgehead atoms. The molecular formula is C10H19NO3S. The van der Waals surface area contributed by atoms with Crippen LogP contribution in [0, 0.1) is 5.92 Å². The molecule has 0 aromatic heterocycles. The second-order valence-electron chi connectivity index (χ2n) is 4.38. The van der Waals surface area contributed by atoms with Crippen LogP contribution in [-0.2, 0) is 4.79 Å². The maximum Gasteiger partial charge on any atom is 0.324 e. The summed E-state index contributed by atoms with van der Waals surface area (Å²) in [5.41, 5.74) is 4.79. The largest absolute Gasteiger partial charge is 0.480 e. The van der Waals surface area contributed by atoms with Gasteiger partial charge < -0.3 is 15.9 Å². The van der Waals surface area contributed by atoms with Gasteiger partial charge in [0.15, 0.2) is 0 Å². The first-order chi connectivity index (χ1) is 6.88. The van der Waals surface area contributed by atoms with E-state index in [0.29, 0.717) is 5.75 Å². The van der Waals surface area contributed by atoms with Crippen molar-refractivity contribution in [2.75, 3.05) is 5.75 Å². The molecule has 3 unspecified atom stereocenters. The molecule has 4 nitrogen and oxygen atoms in total. The molecule has 3 atom stereocenters. The number of aliphatic hydroxyl groups excluding tert-OH is 1. The van der Waals surface area contributed by atoms with Crippen LogP contribution in [0.1, 0.15) is 26.7 Å². The quantitative estimate of drug-likeness (QED) is 0.628. The molecule has 1 saturated carbocycles. The fourth-order valence-electron chi connectivity index (χ4n) is 1.36. The van der Waals surface area contributed by atoms with E-state index >= 15 is 0 Å². The third-order valence-electron chi connectivity index (χ3n) is 2.97. The smallest absolute Gasteiger partial charge is 0.324 e. The molecule has 0 aromatic rings. The maximum atomic E-state index is 11.1. The first-order valence-corrected chi connectivity index (χ1v) is 6.24. The van der Waals surface area contributed by atoms with E-state index in [1.165, 1.54) is 11.8 Å². The highest BCUT2D eigenvalue weighted by Crippen LogP contribution is 2.40. The zero-order valence-corrected chi connectivity index (χ0v) is 9.96. The molecule has 15 heavy (non-hydrogen) atoms. The Kier molecular flexibility index (Phi) is 4.03. The molecule has 1 rings (SSSR count). The van der Waals surface area contributed by atoms with E-state index in [4.69, 9.17) is 10.8 Å². The number of rotatable bonds is 6. The lowest BCUT2D eigenvalue weighted by Crippen LogP contribution is -2.53. The first-order valence-electron chi connectivity index (χ1n) is 5.20. The van der Waals surface area contributed by atoms with E-state index in [1.807, 2.05) is 6.92 Å². The molecule has 0 heterocycles. The Morgan fingerprint density at radius 2 is 2.13 bits per heavy atom. The number of hydrogen-bond acceptors (Lipinski definition) is 4. The van der Waals surface area contributed by atoms with Crippen LogP contribution in [0.2, 0.25) is 0 Å². The van der Waals surface area contributed by atoms with Gasteiger partial charge in [-0.15, -0.1) is 0 Å². The second kappa shape index (κ2) is 4.72. The molecule has 0 saturated heterocycles. The normalized spacial score (nSPS) is 24.3. The van der Waals surface area contributed by atoms with Gasteiger partial charge in [0.2, 0.25) is 0 Å². The monoisotopic (exact) mass is 233 g/mol. The number of carboxylic acids is 1. The highest BCUT2D eigenvalue weighted by molar-refractivity contribution is 8.00. The molecule has 0 spiro atoms. The summed E-state index contributed by atoms with van der Waals surface area (Å²) in [6.07, 6.45) is 1.38. The fraction of sp³-hybridized carbons (Fsp3) is 0.900. The fourth-order valence-corrected chi connectivity index (χ4v) is 2.54. The van der Waals surface area contributed by atoms with Crippen LogP contribution in [-0.4, -0.2) is 38.8 Å². The summed E-state index contributed by atoms with van der Waals surface area (Å²) in [7, 11) is 0. The summed E-state index contributed by atoms with van der Waals surface area (Å²) in [4.78, 5) is 11.1. The van der Waals surface area contributed by atoms with Crippen molar-refractivity contribution < 1.29 is 15.0 Å². The van der Waals surface area contributed by atoms with Crippen molar-refractivity contribution in [3.8, 4) is 0 Å². The predicted molar refractivity (Wildman–Crippen MR) is 60.9 cm³/mol. The van der Waals surface area contributed by atoms with Crippen LogP contribution in [0.5, 0.6) is 0 Å². The molecule has 0 aromatic carbocycles. The first kappa shape index (κ1) is 12.8. The van der Waals surface area contributed by atoms with Crippen molar-refractivity contribution in [3.63, 3.8) is 0 Å². The van der Waals surface area contributed by atoms with Gasteiger partial charge >= 0.3 is 5.97 Å². The highest BCUT2D eigenvalue weighted by Gasteiger charge is 2.48. The minimum Gasteiger partial charge on any atom is -0.480 e. The molecule has 0 aliphatic heterocycles. The zero-order valence-electron chi connectivity index (χ0n) is 9.14. The van der Waals surface area contributed by atoms with Gasteiger partial charge in [-0.2, -0.15) is 11.8 Å². The minimum absolute atomic E-state index is 0.0195. The SMILES string of the molecule is CC(O)C(C)SCC(N)(C(=O)O)C1CC1. The Bertz CT molecular complexity index is 243. The third kappa shape index (κ3) is 3.09. The molecule has 5 heteroatoms. The predicted octanol–water partition coefficient (Wildman–Crippen LogP) is 0.681. The summed E-state index contributed by atoms with van der Waals surface area (Å²) >= 11 is 1.43. The van der Waals surface area contributed by atoms with Gasteiger partial charge in [-0.05, 0) is 25.7 Å². The van der Waals surface area contributed by atoms with Crippen LogP contribution < -0.4 is 5.73 Å². The summed E-state index contributed by atoms with van der Waals surface area (Å²) < 4.78 is 0. The van der Waals surface area contributed by atoms with E-state index in [-0.39, 0.29) is 11.2 Å². The molecular weight excluding hydrogens is 214 g/mol. The number of aliphatic hydroxyl groups is 1. The Morgan fingerprint density at radius 1 is 1.60 bits per heavy atom. The van der Waals surface area contributed by atoms with Gasteiger partial charge in [0, 0.05) is 11.0 Å². The van der Waals surface area contributed by atoms with Gasteiger partial charge in [-0.3, -0.25) is 4.79 Å². The molecule has 1 aliphatic carbocycles. The summed E-state index contributed by atoms with van der Waals surface area (Å²) in [5, 5.41) is 18.4. The maximum absolute atomic E-state index is 11.1. The van der Waals surface area contributed by atoms with Crippen LogP contribution in [0.25, 0.3) is 0 Å². The average Bonchev–Trinajstić information content (AvgIpc) is 2.96. The van der Waals surface area contributed by atoms with Gasteiger partial charge in [-0.1, -0.05) is 6.92 Å². The van der Waals surface area contributed by atoms with Crippen molar-refractivity contribution in [2.45, 2.75) is 43.6 Å². The third-order valence-corrected chi connectivity index (χ3v) is 4.53. The number of carboxylic acid groups (broad SMARTS) is 1. The van der Waals surface area contributed by atoms with Crippen molar-refractivity contribution >= 4 is 17.7 Å². The average molecular weight is 233 g/mol. The summed E-state index contributed by atoms with van der Waals surface area (Å²) in [6, 6.07) is 0. The number of carbonyl (C=O) groups is 1. The van der Waals surface area contributed by atoms with Crippen LogP contribution in [0.15, 0.2) is 0 Å². The van der Waals surface area contributed by atoms with Crippen molar-refractivity contribution in [1.29, 1.82) is 0 Å². The number of thioether (sulfide) groups is 1. The topological polar surface area (TPSA) is 83.5 Å². The van der Waals surface area contributed by atoms with Gasteiger partial charge in [0.25, 0.3) is 0 Å². The Hall–Kier alpha value is -0.260. The highest BCUT2D eigenvalue weighted by atomic mass is 32.2. The van der Waals surface area contributed by atoms with Crippen LogP contribution in [0.4, 0.5) is 0 Å². The van der Waals surface area contributed by atoms with Gasteiger partial charge in [-0.25, -0.2) is 0 Å². The molecule has 0 amide bonds. The lowest BCUT2D eigenvalue weighted by molar-refractivity contribution is -0.143. The molecule has 0 radical (unpaired) electrons. The van der Waals surface area contributed by atoms with Crippen molar-refractivity contribution in [2.24, 2.45) is 11.7 Å². The van der Waals surface area contributed by atoms with Crippen molar-refractivity contribution in [1.82, 2.24) is 0 Å². The lowest BCUT2D eigenvalue weighted by atomic mass is 9.98. The lowest BCUT2D eigenvalue weighted by Gasteiger charge is -2.26. The van der Waals surface area contributed by atoms with Crippen molar-refractivity contribution in [3.05, 3.63) is 0 Å². The minimum atomic E-state index is -1.10. The number of hydrogen-bond donors (Lipinski definition) is 3. The van der Waals surface area contributed by atoms with E-state index in [0.717, 1.165) is 12.8 Å². The number of aliphatic carboxylic acids is 1. The van der Waals surface area contributed by atoms with Crippen LogP contribution in [0.3, 0.4) is 0 Å². The zero-order chi connectivity index (χ0) is 11.6. The van der Waals surface area contributed by atoms with E-state index < -0.39 is 17.6 Å². The summed E-state index contributed by atoms with van der Waals surface area (Å²) in [5.74, 6) is -0.432. The van der Waals surface area contributed by atoms with Crippen LogP contribution >= 0.6 is 11.8 Å². The Labute approximate surface area is 94.2 Å². The van der Waals surface area contributed by atoms with Gasteiger partial charge in [0.1, 0.15) is 5.54 Å². The van der Waals surface area contributed by atoms with E-state index in [1.54, 1.807) is 6.92 Å².